The summed E-state index contributed by atoms with van der Waals surface area (Å²) in [5.74, 6) is 1.16. The molecular formula is C17H15N3O2S. The predicted octanol–water partition coefficient (Wildman–Crippen LogP) is 2.99. The first-order chi connectivity index (χ1) is 11.2. The molecule has 0 bridgehead atoms. The minimum Gasteiger partial charge on any atom is -0.484 e. The number of hydrogen-bond donors (Lipinski definition) is 1. The molecule has 0 aliphatic rings. The van der Waals surface area contributed by atoms with Crippen molar-refractivity contribution in [3.05, 3.63) is 64.5 Å². The SMILES string of the molecule is Cc1ccc(OCC(=O)N(Cc2cc#cs2)c2ccn[nH]2)cc1. The summed E-state index contributed by atoms with van der Waals surface area (Å²) in [7, 11) is 0. The average Bonchev–Trinajstić information content (AvgIpc) is 3.25. The summed E-state index contributed by atoms with van der Waals surface area (Å²) >= 11 is 1.43. The Labute approximate surface area is 138 Å². The lowest BCUT2D eigenvalue weighted by atomic mass is 10.2. The molecule has 0 aliphatic heterocycles. The van der Waals surface area contributed by atoms with E-state index in [1.807, 2.05) is 37.3 Å². The molecule has 0 saturated heterocycles. The number of ether oxygens (including phenoxy) is 1. The molecule has 1 aromatic carbocycles. The molecule has 116 valence electrons. The Balaban J connectivity index is 1.68. The summed E-state index contributed by atoms with van der Waals surface area (Å²) in [6.07, 6.45) is 1.61. The van der Waals surface area contributed by atoms with E-state index >= 15 is 0 Å². The number of benzene rings is 1. The van der Waals surface area contributed by atoms with Crippen LogP contribution >= 0.6 is 11.3 Å². The van der Waals surface area contributed by atoms with Gasteiger partial charge >= 0.3 is 0 Å². The van der Waals surface area contributed by atoms with Gasteiger partial charge in [-0.3, -0.25) is 14.8 Å². The number of hydrogen-bond acceptors (Lipinski definition) is 4. The first-order valence-electron chi connectivity index (χ1n) is 7.08. The standard InChI is InChI=1S/C17H15N3O2S/c1-13-4-6-14(7-5-13)22-12-17(21)20(16-8-9-18-19-16)11-15-3-2-10-23-15/h3-9H,11-12H2,1H3,(H,18,19). The Hall–Kier alpha value is -2.78. The number of carbonyl (C=O) groups excluding carboxylic acids is 1. The summed E-state index contributed by atoms with van der Waals surface area (Å²) < 4.78 is 5.58. The minimum absolute atomic E-state index is 0.0408. The summed E-state index contributed by atoms with van der Waals surface area (Å²) in [4.78, 5) is 15.1. The topological polar surface area (TPSA) is 58.2 Å². The van der Waals surface area contributed by atoms with Crippen LogP contribution in [-0.4, -0.2) is 22.7 Å². The fourth-order valence-corrected chi connectivity index (χ4v) is 2.59. The zero-order chi connectivity index (χ0) is 16.1. The fraction of sp³-hybridized carbons (Fsp3) is 0.176. The monoisotopic (exact) mass is 325 g/mol. The van der Waals surface area contributed by atoms with E-state index in [0.29, 0.717) is 18.1 Å². The molecule has 23 heavy (non-hydrogen) atoms. The molecule has 0 radical (unpaired) electrons. The highest BCUT2D eigenvalue weighted by molar-refractivity contribution is 7.08. The van der Waals surface area contributed by atoms with Gasteiger partial charge in [-0.2, -0.15) is 5.10 Å². The van der Waals surface area contributed by atoms with Crippen LogP contribution in [0.5, 0.6) is 5.75 Å². The number of amides is 1. The third kappa shape index (κ3) is 3.90. The molecule has 2 heterocycles. The minimum atomic E-state index is -0.150. The quantitative estimate of drug-likeness (QED) is 0.758. The van der Waals surface area contributed by atoms with Crippen molar-refractivity contribution in [2.75, 3.05) is 11.5 Å². The Kier molecular flexibility index (Phi) is 4.60. The first-order valence-corrected chi connectivity index (χ1v) is 7.89. The molecule has 2 aromatic heterocycles. The van der Waals surface area contributed by atoms with Gasteiger partial charge in [-0.25, -0.2) is 0 Å². The van der Waals surface area contributed by atoms with Crippen LogP contribution in [0, 0.1) is 18.4 Å². The van der Waals surface area contributed by atoms with Crippen LogP contribution in [-0.2, 0) is 11.3 Å². The van der Waals surface area contributed by atoms with Gasteiger partial charge in [0.15, 0.2) is 6.61 Å². The largest absolute Gasteiger partial charge is 0.484 e. The number of aryl methyl sites for hydroxylation is 1. The maximum absolute atomic E-state index is 12.5. The van der Waals surface area contributed by atoms with Crippen molar-refractivity contribution in [2.45, 2.75) is 13.5 Å². The maximum Gasteiger partial charge on any atom is 0.266 e. The lowest BCUT2D eigenvalue weighted by Gasteiger charge is -2.20. The smallest absolute Gasteiger partial charge is 0.266 e. The van der Waals surface area contributed by atoms with E-state index in [1.54, 1.807) is 17.2 Å². The van der Waals surface area contributed by atoms with Crippen LogP contribution in [0.25, 0.3) is 0 Å². The number of rotatable bonds is 6. The Morgan fingerprint density at radius 3 is 2.83 bits per heavy atom. The molecule has 3 rings (SSSR count). The zero-order valence-electron chi connectivity index (χ0n) is 12.6. The van der Waals surface area contributed by atoms with E-state index in [9.17, 15) is 4.79 Å². The number of anilines is 1. The van der Waals surface area contributed by atoms with Crippen molar-refractivity contribution in [1.29, 1.82) is 0 Å². The number of aromatic amines is 1. The van der Waals surface area contributed by atoms with Gasteiger partial charge < -0.3 is 4.74 Å². The highest BCUT2D eigenvalue weighted by Gasteiger charge is 2.18. The van der Waals surface area contributed by atoms with Crippen LogP contribution in [0.3, 0.4) is 0 Å². The second-order valence-electron chi connectivity index (χ2n) is 4.98. The van der Waals surface area contributed by atoms with E-state index in [4.69, 9.17) is 4.74 Å². The van der Waals surface area contributed by atoms with Crippen LogP contribution < -0.4 is 9.64 Å². The second-order valence-corrected chi connectivity index (χ2v) is 5.92. The molecule has 0 spiro atoms. The van der Waals surface area contributed by atoms with Crippen molar-refractivity contribution in [3.8, 4) is 5.75 Å². The van der Waals surface area contributed by atoms with E-state index in [2.05, 4.69) is 21.6 Å². The van der Waals surface area contributed by atoms with Crippen molar-refractivity contribution in [1.82, 2.24) is 10.2 Å². The second kappa shape index (κ2) is 6.99. The van der Waals surface area contributed by atoms with Gasteiger partial charge in [0.25, 0.3) is 5.91 Å². The third-order valence-electron chi connectivity index (χ3n) is 3.25. The Morgan fingerprint density at radius 1 is 1.35 bits per heavy atom. The lowest BCUT2D eigenvalue weighted by Crippen LogP contribution is -2.34. The summed E-state index contributed by atoms with van der Waals surface area (Å²) in [5, 5.41) is 9.63. The molecule has 3 aromatic rings. The molecule has 1 amide bonds. The van der Waals surface area contributed by atoms with Gasteiger partial charge in [-0.05, 0) is 24.4 Å². The van der Waals surface area contributed by atoms with Crippen LogP contribution in [0.1, 0.15) is 10.4 Å². The average molecular weight is 325 g/mol. The molecule has 1 N–H and O–H groups in total. The Bertz CT molecular complexity index is 737. The highest BCUT2D eigenvalue weighted by atomic mass is 32.1. The molecule has 0 atom stereocenters. The van der Waals surface area contributed by atoms with Gasteiger partial charge in [0.2, 0.25) is 0 Å². The number of nitrogens with zero attached hydrogens (tertiary/aromatic N) is 2. The summed E-state index contributed by atoms with van der Waals surface area (Å²) in [6, 6.07) is 14.1. The maximum atomic E-state index is 12.5. The summed E-state index contributed by atoms with van der Waals surface area (Å²) in [5.41, 5.74) is 1.15. The Morgan fingerprint density at radius 2 is 2.17 bits per heavy atom. The predicted molar refractivity (Wildman–Crippen MR) is 88.4 cm³/mol. The molecular weight excluding hydrogens is 310 g/mol. The number of nitrogens with one attached hydrogen (secondary N) is 1. The van der Waals surface area contributed by atoms with Gasteiger partial charge in [-0.15, -0.1) is 0 Å². The fourth-order valence-electron chi connectivity index (χ4n) is 2.03. The van der Waals surface area contributed by atoms with Crippen LogP contribution in [0.4, 0.5) is 5.82 Å². The van der Waals surface area contributed by atoms with Crippen molar-refractivity contribution in [3.63, 3.8) is 0 Å². The first kappa shape index (κ1) is 15.1. The van der Waals surface area contributed by atoms with E-state index in [1.165, 1.54) is 11.3 Å². The third-order valence-corrected chi connectivity index (χ3v) is 3.98. The number of aromatic nitrogens is 2. The van der Waals surface area contributed by atoms with Gasteiger partial charge in [0.05, 0.1) is 12.7 Å². The summed E-state index contributed by atoms with van der Waals surface area (Å²) in [6.45, 7) is 2.40. The number of H-pyrrole nitrogens is 1. The highest BCUT2D eigenvalue weighted by Crippen LogP contribution is 2.17. The van der Waals surface area contributed by atoms with E-state index in [0.717, 1.165) is 10.4 Å². The molecule has 0 unspecified atom stereocenters. The zero-order valence-corrected chi connectivity index (χ0v) is 13.4. The van der Waals surface area contributed by atoms with Gasteiger partial charge in [0, 0.05) is 17.0 Å². The van der Waals surface area contributed by atoms with Crippen molar-refractivity contribution in [2.24, 2.45) is 0 Å². The van der Waals surface area contributed by atoms with E-state index < -0.39 is 0 Å². The molecule has 6 heteroatoms. The van der Waals surface area contributed by atoms with Crippen LogP contribution in [0.2, 0.25) is 0 Å². The van der Waals surface area contributed by atoms with Gasteiger partial charge in [-0.1, -0.05) is 35.1 Å². The molecule has 0 saturated carbocycles. The number of carbonyl (C=O) groups is 1. The van der Waals surface area contributed by atoms with Gasteiger partial charge in [0.1, 0.15) is 11.6 Å². The van der Waals surface area contributed by atoms with Crippen molar-refractivity contribution < 1.29 is 9.53 Å². The molecule has 0 fully saturated rings. The normalized spacial score (nSPS) is 10.1. The van der Waals surface area contributed by atoms with E-state index in [-0.39, 0.29) is 12.5 Å². The molecule has 5 nitrogen and oxygen atoms in total. The van der Waals surface area contributed by atoms with Crippen molar-refractivity contribution >= 4 is 23.1 Å². The molecule has 0 aliphatic carbocycles. The lowest BCUT2D eigenvalue weighted by molar-refractivity contribution is -0.120. The van der Waals surface area contributed by atoms with Crippen LogP contribution in [0.15, 0.2) is 42.6 Å².